The summed E-state index contributed by atoms with van der Waals surface area (Å²) in [7, 11) is 0. The molecule has 0 aromatic carbocycles. The molecule has 0 saturated carbocycles. The van der Waals surface area contributed by atoms with E-state index in [4.69, 9.17) is 0 Å². The lowest BCUT2D eigenvalue weighted by Crippen LogP contribution is -2.27. The quantitative estimate of drug-likeness (QED) is 0.665. The number of nitrogens with zero attached hydrogens (tertiary/aromatic N) is 7. The van der Waals surface area contributed by atoms with Crippen molar-refractivity contribution < 1.29 is 0 Å². The fourth-order valence-electron chi connectivity index (χ4n) is 2.07. The molecule has 0 fully saturated rings. The highest BCUT2D eigenvalue weighted by molar-refractivity contribution is 5.24. The highest BCUT2D eigenvalue weighted by atomic mass is 15.3. The Balaban J connectivity index is 1.64. The molecule has 3 heterocycles. The molecule has 3 aromatic rings. The van der Waals surface area contributed by atoms with Gasteiger partial charge in [0.1, 0.15) is 0 Å². The first kappa shape index (κ1) is 12.7. The van der Waals surface area contributed by atoms with Crippen molar-refractivity contribution in [2.45, 2.75) is 20.0 Å². The van der Waals surface area contributed by atoms with E-state index in [1.807, 2.05) is 29.2 Å². The first-order chi connectivity index (χ1) is 9.85. The largest absolute Gasteiger partial charge is 0.294 e. The van der Waals surface area contributed by atoms with Crippen molar-refractivity contribution in [1.29, 1.82) is 0 Å². The first-order valence-corrected chi connectivity index (χ1v) is 6.71. The smallest absolute Gasteiger partial charge is 0.252 e. The zero-order valence-electron chi connectivity index (χ0n) is 11.4. The van der Waals surface area contributed by atoms with Crippen LogP contribution in [0.25, 0.3) is 5.78 Å². The van der Waals surface area contributed by atoms with Gasteiger partial charge in [0.15, 0.2) is 5.82 Å². The lowest BCUT2D eigenvalue weighted by Gasteiger charge is -2.18. The Morgan fingerprint density at radius 3 is 2.85 bits per heavy atom. The van der Waals surface area contributed by atoms with Gasteiger partial charge in [0.05, 0.1) is 13.1 Å². The summed E-state index contributed by atoms with van der Waals surface area (Å²) in [5, 5.41) is 8.63. The van der Waals surface area contributed by atoms with E-state index in [1.165, 1.54) is 0 Å². The zero-order chi connectivity index (χ0) is 13.8. The molecule has 0 N–H and O–H groups in total. The van der Waals surface area contributed by atoms with Gasteiger partial charge in [-0.3, -0.25) is 9.58 Å². The van der Waals surface area contributed by atoms with Crippen LogP contribution in [0.5, 0.6) is 0 Å². The number of likely N-dealkylation sites (N-methyl/N-ethyl adjacent to an activating group) is 1. The molecule has 0 atom stereocenters. The van der Waals surface area contributed by atoms with Crippen molar-refractivity contribution in [2.24, 2.45) is 0 Å². The van der Waals surface area contributed by atoms with Gasteiger partial charge in [0, 0.05) is 31.3 Å². The Bertz CT molecular complexity index is 625. The molecule has 7 heteroatoms. The van der Waals surface area contributed by atoms with E-state index in [1.54, 1.807) is 16.9 Å². The van der Waals surface area contributed by atoms with Gasteiger partial charge in [-0.2, -0.15) is 10.1 Å². The second kappa shape index (κ2) is 5.79. The molecule has 0 unspecified atom stereocenters. The summed E-state index contributed by atoms with van der Waals surface area (Å²) >= 11 is 0. The fraction of sp³-hybridized carbons (Fsp3) is 0.385. The van der Waals surface area contributed by atoms with E-state index in [9.17, 15) is 0 Å². The van der Waals surface area contributed by atoms with Crippen LogP contribution in [0.1, 0.15) is 12.7 Å². The molecule has 0 aliphatic rings. The zero-order valence-corrected chi connectivity index (χ0v) is 11.4. The Labute approximate surface area is 116 Å². The van der Waals surface area contributed by atoms with Crippen LogP contribution in [0.4, 0.5) is 0 Å². The number of hydrogen-bond donors (Lipinski definition) is 0. The SMILES string of the molecule is CCN(CCn1cccn1)Cc1nc2ncccn2n1. The second-order valence-corrected chi connectivity index (χ2v) is 4.53. The summed E-state index contributed by atoms with van der Waals surface area (Å²) in [4.78, 5) is 10.9. The lowest BCUT2D eigenvalue weighted by atomic mass is 10.4. The summed E-state index contributed by atoms with van der Waals surface area (Å²) in [6, 6.07) is 3.78. The summed E-state index contributed by atoms with van der Waals surface area (Å²) in [5.74, 6) is 1.44. The maximum absolute atomic E-state index is 4.42. The molecule has 0 spiro atoms. The molecular formula is C13H17N7. The molecule has 0 amide bonds. The van der Waals surface area contributed by atoms with Gasteiger partial charge in [0.25, 0.3) is 5.78 Å². The summed E-state index contributed by atoms with van der Waals surface area (Å²) in [6.07, 6.45) is 7.36. The van der Waals surface area contributed by atoms with Crippen molar-refractivity contribution in [1.82, 2.24) is 34.3 Å². The number of hydrogen-bond acceptors (Lipinski definition) is 5. The van der Waals surface area contributed by atoms with Crippen molar-refractivity contribution in [2.75, 3.05) is 13.1 Å². The number of rotatable bonds is 6. The molecule has 0 saturated heterocycles. The maximum atomic E-state index is 4.42. The van der Waals surface area contributed by atoms with Crippen LogP contribution in [0.15, 0.2) is 36.9 Å². The maximum Gasteiger partial charge on any atom is 0.252 e. The van der Waals surface area contributed by atoms with Crippen LogP contribution in [0.3, 0.4) is 0 Å². The predicted octanol–water partition coefficient (Wildman–Crippen LogP) is 0.843. The average molecular weight is 271 g/mol. The number of aromatic nitrogens is 6. The first-order valence-electron chi connectivity index (χ1n) is 6.71. The second-order valence-electron chi connectivity index (χ2n) is 4.53. The van der Waals surface area contributed by atoms with Gasteiger partial charge in [-0.15, -0.1) is 5.10 Å². The van der Waals surface area contributed by atoms with Crippen molar-refractivity contribution in [3.05, 3.63) is 42.7 Å². The van der Waals surface area contributed by atoms with Gasteiger partial charge in [-0.25, -0.2) is 9.50 Å². The third kappa shape index (κ3) is 2.83. The van der Waals surface area contributed by atoms with E-state index in [-0.39, 0.29) is 0 Å². The third-order valence-electron chi connectivity index (χ3n) is 3.18. The molecule has 0 bridgehead atoms. The molecule has 20 heavy (non-hydrogen) atoms. The van der Waals surface area contributed by atoms with Crippen LogP contribution < -0.4 is 0 Å². The number of fused-ring (bicyclic) bond motifs is 1. The van der Waals surface area contributed by atoms with Crippen LogP contribution in [0, 0.1) is 0 Å². The summed E-state index contributed by atoms with van der Waals surface area (Å²) in [6.45, 7) is 5.59. The van der Waals surface area contributed by atoms with Crippen LogP contribution in [-0.2, 0) is 13.1 Å². The minimum atomic E-state index is 0.644. The standard InChI is InChI=1S/C13H17N7/c1-2-18(9-10-19-7-4-6-15-19)11-12-16-13-14-5-3-8-20(13)17-12/h3-8H,2,9-11H2,1H3. The minimum absolute atomic E-state index is 0.644. The van der Waals surface area contributed by atoms with Crippen LogP contribution in [0.2, 0.25) is 0 Å². The van der Waals surface area contributed by atoms with Crippen molar-refractivity contribution in [3.8, 4) is 0 Å². The minimum Gasteiger partial charge on any atom is -0.294 e. The molecule has 0 aliphatic heterocycles. The Kier molecular flexibility index (Phi) is 3.69. The monoisotopic (exact) mass is 271 g/mol. The average Bonchev–Trinajstić information content (AvgIpc) is 3.11. The highest BCUT2D eigenvalue weighted by Crippen LogP contribution is 2.02. The Hall–Kier alpha value is -2.28. The van der Waals surface area contributed by atoms with E-state index in [0.717, 1.165) is 32.0 Å². The van der Waals surface area contributed by atoms with E-state index in [0.29, 0.717) is 5.78 Å². The van der Waals surface area contributed by atoms with Crippen LogP contribution >= 0.6 is 0 Å². The molecule has 3 rings (SSSR count). The molecule has 104 valence electrons. The molecule has 3 aromatic heterocycles. The molecule has 0 aliphatic carbocycles. The predicted molar refractivity (Wildman–Crippen MR) is 74.0 cm³/mol. The van der Waals surface area contributed by atoms with Crippen molar-refractivity contribution >= 4 is 5.78 Å². The third-order valence-corrected chi connectivity index (χ3v) is 3.18. The molecule has 0 radical (unpaired) electrons. The summed E-state index contributed by atoms with van der Waals surface area (Å²) < 4.78 is 3.64. The van der Waals surface area contributed by atoms with E-state index < -0.39 is 0 Å². The fourth-order valence-corrected chi connectivity index (χ4v) is 2.07. The van der Waals surface area contributed by atoms with E-state index >= 15 is 0 Å². The highest BCUT2D eigenvalue weighted by Gasteiger charge is 2.09. The Morgan fingerprint density at radius 1 is 1.20 bits per heavy atom. The molecule has 7 nitrogen and oxygen atoms in total. The van der Waals surface area contributed by atoms with E-state index in [2.05, 4.69) is 32.0 Å². The van der Waals surface area contributed by atoms with Gasteiger partial charge in [0.2, 0.25) is 0 Å². The lowest BCUT2D eigenvalue weighted by molar-refractivity contribution is 0.257. The van der Waals surface area contributed by atoms with Crippen LogP contribution in [-0.4, -0.2) is 47.4 Å². The van der Waals surface area contributed by atoms with Gasteiger partial charge in [-0.05, 0) is 18.7 Å². The topological polar surface area (TPSA) is 64.1 Å². The Morgan fingerprint density at radius 2 is 2.10 bits per heavy atom. The van der Waals surface area contributed by atoms with Gasteiger partial charge >= 0.3 is 0 Å². The summed E-state index contributed by atoms with van der Waals surface area (Å²) in [5.41, 5.74) is 0. The van der Waals surface area contributed by atoms with Gasteiger partial charge in [-0.1, -0.05) is 6.92 Å². The normalized spacial score (nSPS) is 11.5. The van der Waals surface area contributed by atoms with Gasteiger partial charge < -0.3 is 0 Å². The van der Waals surface area contributed by atoms with Crippen molar-refractivity contribution in [3.63, 3.8) is 0 Å². The molecular weight excluding hydrogens is 254 g/mol.